The standard InChI is InChI=1S/C16H13BrF8NO5PS2/c17-10-8-4-7(6-33-26-13(27)15(21,22)23)5-9(31-3-1-2-14(18,19)20)11(8)34-12(10)16(24,25)32(28,29)30/h4-5,33H,1-3,6H2,(H2,28,29,30). The Bertz CT molecular complexity index is 1150. The molecule has 0 unspecified atom stereocenters. The van der Waals surface area contributed by atoms with Crippen molar-refractivity contribution in [3.8, 4) is 5.75 Å². The number of thiol groups is 1. The van der Waals surface area contributed by atoms with Crippen LogP contribution in [0.2, 0.25) is 0 Å². The zero-order valence-electron chi connectivity index (χ0n) is 16.3. The summed E-state index contributed by atoms with van der Waals surface area (Å²) in [5.41, 5.74) is -4.50. The monoisotopic (exact) mass is 625 g/mol. The number of fused-ring (bicyclic) bond motifs is 1. The summed E-state index contributed by atoms with van der Waals surface area (Å²) in [4.78, 5) is 27.8. The molecule has 0 bridgehead atoms. The first-order valence-corrected chi connectivity index (χ1v) is 13.0. The number of hydrogen-bond acceptors (Lipinski definition) is 4. The summed E-state index contributed by atoms with van der Waals surface area (Å²) in [6.45, 7) is -0.507. The minimum absolute atomic E-state index is 0.0752. The molecule has 6 nitrogen and oxygen atoms in total. The third-order valence-corrected chi connectivity index (χ3v) is 8.23. The predicted octanol–water partition coefficient (Wildman–Crippen LogP) is 6.20. The van der Waals surface area contributed by atoms with Crippen molar-refractivity contribution in [3.63, 3.8) is 0 Å². The first-order chi connectivity index (χ1) is 15.3. The third-order valence-electron chi connectivity index (χ3n) is 3.91. The minimum atomic E-state index is -5.97. The van der Waals surface area contributed by atoms with Gasteiger partial charge in [-0.3, -0.25) is 9.36 Å². The lowest BCUT2D eigenvalue weighted by atomic mass is 10.1. The number of carbonyl (C=O) groups excluding carboxylic acids is 1. The molecule has 1 aromatic heterocycles. The van der Waals surface area contributed by atoms with E-state index in [0.29, 0.717) is 0 Å². The van der Waals surface area contributed by atoms with Crippen LogP contribution in [0.15, 0.2) is 21.0 Å². The zero-order valence-corrected chi connectivity index (χ0v) is 20.4. The first kappa shape index (κ1) is 29.1. The molecule has 1 amide bonds. The Hall–Kier alpha value is -1.13. The summed E-state index contributed by atoms with van der Waals surface area (Å²) in [7, 11) is -5.97. The second kappa shape index (κ2) is 10.5. The molecule has 0 spiro atoms. The average Bonchev–Trinajstić information content (AvgIpc) is 3.00. The number of thiophene rings is 1. The molecule has 0 saturated carbocycles. The van der Waals surface area contributed by atoms with Crippen LogP contribution in [-0.4, -0.2) is 34.7 Å². The van der Waals surface area contributed by atoms with E-state index in [-0.39, 0.29) is 50.0 Å². The molecule has 1 aromatic carbocycles. The van der Waals surface area contributed by atoms with Gasteiger partial charge in [-0.25, -0.2) is 0 Å². The molecular formula is C16H13BrF8NO5PS2. The molecule has 0 aliphatic heterocycles. The highest BCUT2D eigenvalue weighted by molar-refractivity contribution is 9.10. The number of hydrogen-bond donors (Lipinski definition) is 3. The van der Waals surface area contributed by atoms with Crippen LogP contribution in [0.25, 0.3) is 10.1 Å². The van der Waals surface area contributed by atoms with Crippen molar-refractivity contribution in [3.05, 3.63) is 27.0 Å². The van der Waals surface area contributed by atoms with Gasteiger partial charge in [0.15, 0.2) is 0 Å². The average molecular weight is 626 g/mol. The van der Waals surface area contributed by atoms with Crippen LogP contribution >= 0.6 is 34.9 Å². The van der Waals surface area contributed by atoms with Crippen molar-refractivity contribution in [1.82, 2.24) is 0 Å². The predicted molar refractivity (Wildman–Crippen MR) is 112 cm³/mol. The number of alkyl halides is 8. The molecule has 0 atom stereocenters. The van der Waals surface area contributed by atoms with Crippen LogP contribution in [0.3, 0.4) is 0 Å². The number of nitrogens with zero attached hydrogens (tertiary/aromatic N) is 1. The van der Waals surface area contributed by atoms with Crippen molar-refractivity contribution >= 4 is 62.4 Å². The molecule has 0 aliphatic carbocycles. The van der Waals surface area contributed by atoms with Crippen LogP contribution in [0.4, 0.5) is 35.1 Å². The third kappa shape index (κ3) is 7.20. The molecule has 0 aliphatic rings. The van der Waals surface area contributed by atoms with E-state index in [2.05, 4.69) is 20.3 Å². The Morgan fingerprint density at radius 3 is 2.29 bits per heavy atom. The number of halogens is 9. The van der Waals surface area contributed by atoms with Crippen LogP contribution in [0.5, 0.6) is 5.75 Å². The van der Waals surface area contributed by atoms with Gasteiger partial charge >= 0.3 is 31.5 Å². The lowest BCUT2D eigenvalue weighted by Gasteiger charge is -2.16. The van der Waals surface area contributed by atoms with Crippen LogP contribution in [-0.2, 0) is 32.3 Å². The number of rotatable bonds is 8. The van der Waals surface area contributed by atoms with Gasteiger partial charge in [-0.15, -0.1) is 22.9 Å². The second-order valence-corrected chi connectivity index (χ2v) is 10.8. The molecule has 0 radical (unpaired) electrons. The highest BCUT2D eigenvalue weighted by Crippen LogP contribution is 2.63. The summed E-state index contributed by atoms with van der Waals surface area (Å²) < 4.78 is 121. The fourth-order valence-corrected chi connectivity index (χ4v) is 6.05. The van der Waals surface area contributed by atoms with Gasteiger partial charge in [0.25, 0.3) is 0 Å². The molecular weight excluding hydrogens is 613 g/mol. The highest BCUT2D eigenvalue weighted by Gasteiger charge is 2.53. The largest absolute Gasteiger partial charge is 0.492 e. The van der Waals surface area contributed by atoms with Crippen LogP contribution in [0.1, 0.15) is 23.3 Å². The number of ether oxygens (including phenoxy) is 1. The fourth-order valence-electron chi connectivity index (χ4n) is 2.41. The van der Waals surface area contributed by atoms with Crippen molar-refractivity contribution in [2.45, 2.75) is 36.6 Å². The Morgan fingerprint density at radius 2 is 1.76 bits per heavy atom. The number of amides is 1. The lowest BCUT2D eigenvalue weighted by Crippen LogP contribution is -2.19. The maximum atomic E-state index is 14.3. The van der Waals surface area contributed by atoms with E-state index in [9.17, 15) is 44.5 Å². The van der Waals surface area contributed by atoms with Crippen molar-refractivity contribution < 1.29 is 59.0 Å². The molecule has 34 heavy (non-hydrogen) atoms. The highest BCUT2D eigenvalue weighted by atomic mass is 79.9. The van der Waals surface area contributed by atoms with E-state index >= 15 is 0 Å². The number of benzene rings is 1. The smallest absolute Gasteiger partial charge is 0.474 e. The van der Waals surface area contributed by atoms with Gasteiger partial charge in [0.2, 0.25) is 0 Å². The summed E-state index contributed by atoms with van der Waals surface area (Å²) in [6.07, 6.45) is -11.4. The Balaban J connectivity index is 2.49. The molecule has 2 rings (SSSR count). The summed E-state index contributed by atoms with van der Waals surface area (Å²) in [5, 5.41) is -0.0752. The molecule has 0 fully saturated rings. The van der Waals surface area contributed by atoms with E-state index in [0.717, 1.165) is 6.07 Å². The molecule has 2 aromatic rings. The van der Waals surface area contributed by atoms with Gasteiger partial charge in [0.1, 0.15) is 10.6 Å². The maximum Gasteiger partial charge on any atom is 0.474 e. The molecule has 0 saturated heterocycles. The van der Waals surface area contributed by atoms with Gasteiger partial charge in [0, 0.05) is 22.0 Å². The van der Waals surface area contributed by atoms with Crippen LogP contribution < -0.4 is 4.74 Å². The minimum Gasteiger partial charge on any atom is -0.492 e. The second-order valence-electron chi connectivity index (χ2n) is 6.57. The van der Waals surface area contributed by atoms with E-state index in [1.54, 1.807) is 0 Å². The van der Waals surface area contributed by atoms with E-state index in [4.69, 9.17) is 14.5 Å². The van der Waals surface area contributed by atoms with E-state index in [1.165, 1.54) is 6.07 Å². The van der Waals surface area contributed by atoms with Gasteiger partial charge in [-0.1, -0.05) is 0 Å². The molecule has 192 valence electrons. The summed E-state index contributed by atoms with van der Waals surface area (Å²) in [5.74, 6) is -2.91. The summed E-state index contributed by atoms with van der Waals surface area (Å²) >= 11 is 2.68. The Morgan fingerprint density at radius 1 is 1.15 bits per heavy atom. The van der Waals surface area contributed by atoms with Crippen molar-refractivity contribution in [2.24, 2.45) is 4.36 Å². The quantitative estimate of drug-likeness (QED) is 0.141. The maximum absolute atomic E-state index is 14.3. The van der Waals surface area contributed by atoms with E-state index in [1.807, 2.05) is 0 Å². The number of carbonyl (C=O) groups is 1. The van der Waals surface area contributed by atoms with Gasteiger partial charge < -0.3 is 14.5 Å². The molecule has 1 heterocycles. The van der Waals surface area contributed by atoms with Gasteiger partial charge in [0.05, 0.1) is 11.3 Å². The SMILES string of the molecule is O=C(/N=[SH]/Cc1cc(OCCCC(F)(F)F)c2sc(C(F)(F)P(=O)(O)O)c(Br)c2c1)C(F)(F)F. The normalized spacial score (nSPS) is 14.0. The van der Waals surface area contributed by atoms with E-state index < -0.39 is 60.3 Å². The Kier molecular flexibility index (Phi) is 8.96. The molecule has 2 N–H and O–H groups in total. The van der Waals surface area contributed by atoms with Crippen molar-refractivity contribution in [1.29, 1.82) is 0 Å². The molecule has 18 heteroatoms. The first-order valence-electron chi connectivity index (χ1n) is 8.71. The lowest BCUT2D eigenvalue weighted by molar-refractivity contribution is -0.169. The van der Waals surface area contributed by atoms with Gasteiger partial charge in [-0.05, 0) is 40.0 Å². The summed E-state index contributed by atoms with van der Waals surface area (Å²) in [6, 6.07) is 2.34. The fraction of sp³-hybridized carbons (Fsp3) is 0.438. The van der Waals surface area contributed by atoms with Gasteiger partial charge in [-0.2, -0.15) is 39.5 Å². The van der Waals surface area contributed by atoms with Crippen molar-refractivity contribution in [2.75, 3.05) is 6.61 Å². The zero-order chi connectivity index (χ0) is 26.1. The van der Waals surface area contributed by atoms with Crippen LogP contribution in [0, 0.1) is 0 Å². The Labute approximate surface area is 201 Å². The topological polar surface area (TPSA) is 96.2 Å².